The molecule has 2 amide bonds. The molecule has 7 heteroatoms. The first kappa shape index (κ1) is 17.7. The number of hydrogen-bond acceptors (Lipinski definition) is 5. The third-order valence-corrected chi connectivity index (χ3v) is 7.44. The number of nitrogens with zero attached hydrogens (tertiary/aromatic N) is 2. The van der Waals surface area contributed by atoms with E-state index < -0.39 is 0 Å². The van der Waals surface area contributed by atoms with Crippen molar-refractivity contribution in [3.05, 3.63) is 34.0 Å². The quantitative estimate of drug-likeness (QED) is 0.863. The number of thiazole rings is 1. The first-order valence-electron chi connectivity index (χ1n) is 9.23. The molecule has 2 aliphatic rings. The second-order valence-corrected chi connectivity index (χ2v) is 9.00. The van der Waals surface area contributed by atoms with Crippen molar-refractivity contribution in [2.75, 3.05) is 18.4 Å². The minimum atomic E-state index is -0.315. The molecular weight excluding hydrogens is 366 g/mol. The summed E-state index contributed by atoms with van der Waals surface area (Å²) in [6.07, 6.45) is 7.29. The van der Waals surface area contributed by atoms with E-state index in [-0.39, 0.29) is 23.1 Å². The lowest BCUT2D eigenvalue weighted by atomic mass is 9.82. The summed E-state index contributed by atoms with van der Waals surface area (Å²) < 4.78 is 0. The van der Waals surface area contributed by atoms with Gasteiger partial charge in [0.2, 0.25) is 11.8 Å². The van der Waals surface area contributed by atoms with Crippen LogP contribution in [-0.2, 0) is 15.0 Å². The van der Waals surface area contributed by atoms with Gasteiger partial charge in [-0.1, -0.05) is 18.9 Å². The van der Waals surface area contributed by atoms with Crippen LogP contribution in [0, 0.1) is 5.92 Å². The van der Waals surface area contributed by atoms with E-state index in [1.54, 1.807) is 17.5 Å². The average Bonchev–Trinajstić information content (AvgIpc) is 3.42. The molecule has 1 N–H and O–H groups in total. The largest absolute Gasteiger partial charge is 0.342 e. The Balaban J connectivity index is 1.39. The molecule has 1 aliphatic heterocycles. The minimum Gasteiger partial charge on any atom is -0.342 e. The zero-order chi connectivity index (χ0) is 18.0. The number of carbonyl (C=O) groups excluding carboxylic acids is 2. The molecule has 0 atom stereocenters. The Hall–Kier alpha value is -1.73. The first-order chi connectivity index (χ1) is 12.7. The highest BCUT2D eigenvalue weighted by Crippen LogP contribution is 2.45. The highest BCUT2D eigenvalue weighted by molar-refractivity contribution is 7.13. The summed E-state index contributed by atoms with van der Waals surface area (Å²) in [7, 11) is 0. The summed E-state index contributed by atoms with van der Waals surface area (Å²) >= 11 is 3.13. The number of piperidine rings is 1. The van der Waals surface area contributed by atoms with Gasteiger partial charge in [-0.15, -0.1) is 22.7 Å². The van der Waals surface area contributed by atoms with Crippen LogP contribution in [0.15, 0.2) is 29.1 Å². The lowest BCUT2D eigenvalue weighted by Gasteiger charge is -2.37. The molecule has 138 valence electrons. The SMILES string of the molecule is O=C(Nc1nccs1)C1CCN(C(=O)C2(c3cccs3)CCCC2)CC1. The third kappa shape index (κ3) is 3.30. The number of thiophene rings is 1. The topological polar surface area (TPSA) is 62.3 Å². The van der Waals surface area contributed by atoms with E-state index in [9.17, 15) is 9.59 Å². The van der Waals surface area contributed by atoms with Crippen molar-refractivity contribution in [2.45, 2.75) is 43.9 Å². The molecule has 0 spiro atoms. The van der Waals surface area contributed by atoms with Crippen molar-refractivity contribution in [1.82, 2.24) is 9.88 Å². The van der Waals surface area contributed by atoms with Gasteiger partial charge in [0.1, 0.15) is 0 Å². The van der Waals surface area contributed by atoms with Gasteiger partial charge in [-0.05, 0) is 37.1 Å². The first-order valence-corrected chi connectivity index (χ1v) is 11.0. The van der Waals surface area contributed by atoms with Gasteiger partial charge in [0.05, 0.1) is 5.41 Å². The zero-order valence-electron chi connectivity index (χ0n) is 14.6. The number of amides is 2. The molecule has 0 radical (unpaired) electrons. The van der Waals surface area contributed by atoms with Crippen molar-refractivity contribution >= 4 is 39.6 Å². The summed E-state index contributed by atoms with van der Waals surface area (Å²) in [5, 5.41) is 7.45. The Labute approximate surface area is 161 Å². The Morgan fingerprint density at radius 3 is 2.54 bits per heavy atom. The fourth-order valence-electron chi connectivity index (χ4n) is 4.24. The van der Waals surface area contributed by atoms with E-state index in [4.69, 9.17) is 0 Å². The van der Waals surface area contributed by atoms with E-state index in [0.717, 1.165) is 38.5 Å². The van der Waals surface area contributed by atoms with Gasteiger partial charge >= 0.3 is 0 Å². The van der Waals surface area contributed by atoms with E-state index in [0.29, 0.717) is 18.2 Å². The van der Waals surface area contributed by atoms with E-state index >= 15 is 0 Å². The summed E-state index contributed by atoms with van der Waals surface area (Å²) in [5.74, 6) is 0.265. The summed E-state index contributed by atoms with van der Waals surface area (Å²) in [4.78, 5) is 33.1. The van der Waals surface area contributed by atoms with Crippen molar-refractivity contribution in [3.63, 3.8) is 0 Å². The van der Waals surface area contributed by atoms with Gasteiger partial charge in [-0.25, -0.2) is 4.98 Å². The number of rotatable bonds is 4. The van der Waals surface area contributed by atoms with E-state index in [1.807, 2.05) is 16.3 Å². The predicted octanol–water partition coefficient (Wildman–Crippen LogP) is 3.89. The number of aromatic nitrogens is 1. The fraction of sp³-hybridized carbons (Fsp3) is 0.526. The van der Waals surface area contributed by atoms with Crippen molar-refractivity contribution in [2.24, 2.45) is 5.92 Å². The highest BCUT2D eigenvalue weighted by Gasteiger charge is 2.46. The third-order valence-electron chi connectivity index (χ3n) is 5.67. The number of carbonyl (C=O) groups is 2. The fourth-order valence-corrected chi connectivity index (χ4v) is 5.74. The molecule has 1 aliphatic carbocycles. The van der Waals surface area contributed by atoms with Crippen LogP contribution in [0.4, 0.5) is 5.13 Å². The Morgan fingerprint density at radius 1 is 1.15 bits per heavy atom. The van der Waals surface area contributed by atoms with Crippen LogP contribution in [0.3, 0.4) is 0 Å². The minimum absolute atomic E-state index is 0.0286. The summed E-state index contributed by atoms with van der Waals surface area (Å²) in [6, 6.07) is 4.16. The van der Waals surface area contributed by atoms with Gasteiger partial charge in [0.25, 0.3) is 0 Å². The van der Waals surface area contributed by atoms with Gasteiger partial charge in [0, 0.05) is 35.5 Å². The number of anilines is 1. The number of hydrogen-bond donors (Lipinski definition) is 1. The lowest BCUT2D eigenvalue weighted by molar-refractivity contribution is -0.140. The maximum Gasteiger partial charge on any atom is 0.234 e. The molecule has 0 aromatic carbocycles. The number of likely N-dealkylation sites (tertiary alicyclic amines) is 1. The molecule has 1 saturated carbocycles. The molecule has 0 unspecified atom stereocenters. The zero-order valence-corrected chi connectivity index (χ0v) is 16.3. The van der Waals surface area contributed by atoms with Crippen LogP contribution < -0.4 is 5.32 Å². The average molecular weight is 390 g/mol. The Kier molecular flexibility index (Phi) is 5.09. The van der Waals surface area contributed by atoms with Gasteiger partial charge in [-0.2, -0.15) is 0 Å². The molecule has 2 aromatic rings. The summed E-state index contributed by atoms with van der Waals surface area (Å²) in [6.45, 7) is 1.34. The smallest absolute Gasteiger partial charge is 0.234 e. The second-order valence-electron chi connectivity index (χ2n) is 7.16. The lowest BCUT2D eigenvalue weighted by Crippen LogP contribution is -2.49. The normalized spacial score (nSPS) is 20.2. The van der Waals surface area contributed by atoms with Crippen molar-refractivity contribution < 1.29 is 9.59 Å². The van der Waals surface area contributed by atoms with Gasteiger partial charge in [0.15, 0.2) is 5.13 Å². The molecule has 26 heavy (non-hydrogen) atoms. The van der Waals surface area contributed by atoms with Gasteiger partial charge in [-0.3, -0.25) is 9.59 Å². The van der Waals surface area contributed by atoms with Crippen LogP contribution in [0.5, 0.6) is 0 Å². The van der Waals surface area contributed by atoms with Crippen molar-refractivity contribution in [1.29, 1.82) is 0 Å². The van der Waals surface area contributed by atoms with E-state index in [2.05, 4.69) is 21.7 Å². The van der Waals surface area contributed by atoms with Gasteiger partial charge < -0.3 is 10.2 Å². The molecule has 2 aromatic heterocycles. The molecule has 1 saturated heterocycles. The molecule has 4 rings (SSSR count). The molecule has 5 nitrogen and oxygen atoms in total. The van der Waals surface area contributed by atoms with Crippen LogP contribution in [0.25, 0.3) is 0 Å². The van der Waals surface area contributed by atoms with Crippen LogP contribution >= 0.6 is 22.7 Å². The Morgan fingerprint density at radius 2 is 1.92 bits per heavy atom. The van der Waals surface area contributed by atoms with Crippen LogP contribution in [0.1, 0.15) is 43.4 Å². The Bertz CT molecular complexity index is 744. The molecule has 3 heterocycles. The highest BCUT2D eigenvalue weighted by atomic mass is 32.1. The maximum absolute atomic E-state index is 13.4. The monoisotopic (exact) mass is 389 g/mol. The molecule has 0 bridgehead atoms. The van der Waals surface area contributed by atoms with Crippen molar-refractivity contribution in [3.8, 4) is 0 Å². The summed E-state index contributed by atoms with van der Waals surface area (Å²) in [5.41, 5.74) is -0.315. The van der Waals surface area contributed by atoms with E-state index in [1.165, 1.54) is 16.2 Å². The predicted molar refractivity (Wildman–Crippen MR) is 105 cm³/mol. The van der Waals surface area contributed by atoms with Crippen LogP contribution in [0.2, 0.25) is 0 Å². The molecular formula is C19H23N3O2S2. The standard InChI is InChI=1S/C19H23N3O2S2/c23-16(21-18-20-9-13-26-18)14-5-10-22(11-6-14)17(24)19(7-1-2-8-19)15-4-3-12-25-15/h3-4,9,12-14H,1-2,5-8,10-11H2,(H,20,21,23). The maximum atomic E-state index is 13.4. The second kappa shape index (κ2) is 7.48. The van der Waals surface area contributed by atoms with Crippen LogP contribution in [-0.4, -0.2) is 34.8 Å². The number of nitrogens with one attached hydrogen (secondary N) is 1. The molecule has 2 fully saturated rings.